The molecule has 0 heterocycles. The van der Waals surface area contributed by atoms with Gasteiger partial charge in [-0.3, -0.25) is 0 Å². The smallest absolute Gasteiger partial charge is 0.462 e. The Morgan fingerprint density at radius 2 is 0.789 bits per heavy atom. The van der Waals surface area contributed by atoms with Crippen molar-refractivity contribution in [2.24, 2.45) is 0 Å². The second kappa shape index (κ2) is 36.6. The Kier molecular flexibility index (Phi) is 38.2. The molecule has 0 aliphatic heterocycles. The van der Waals surface area contributed by atoms with Gasteiger partial charge in [0.15, 0.2) is 41.6 Å². The van der Waals surface area contributed by atoms with E-state index in [1.54, 1.807) is 20.8 Å². The Labute approximate surface area is 473 Å². The number of ether oxygens (including phenoxy) is 5. The summed E-state index contributed by atoms with van der Waals surface area (Å²) in [5.74, 6) is -1.34. The first-order valence-electron chi connectivity index (χ1n) is 27.5. The number of carbonyl (C=O) groups is 3. The van der Waals surface area contributed by atoms with Gasteiger partial charge in [0.2, 0.25) is 0 Å². The third-order valence-electron chi connectivity index (χ3n) is 9.65. The Bertz CT molecular complexity index is 1660. The topological polar surface area (TPSA) is 193 Å². The zero-order valence-corrected chi connectivity index (χ0v) is 61.9. The second-order valence-electron chi connectivity index (χ2n) is 26.4. The van der Waals surface area contributed by atoms with E-state index in [4.69, 9.17) is 48.4 Å². The molecule has 0 radical (unpaired) electrons. The van der Waals surface area contributed by atoms with Crippen molar-refractivity contribution in [1.29, 1.82) is 0 Å². The maximum Gasteiger partial charge on any atom is 0.469 e. The van der Waals surface area contributed by atoms with Gasteiger partial charge in [-0.05, 0) is 144 Å². The number of esters is 3. The summed E-state index contributed by atoms with van der Waals surface area (Å²) in [7, 11) is -17.5. The van der Waals surface area contributed by atoms with Crippen LogP contribution < -0.4 is 0 Å². The van der Waals surface area contributed by atoms with Crippen LogP contribution in [0, 0.1) is 0 Å². The van der Waals surface area contributed by atoms with Gasteiger partial charge in [-0.15, -0.1) is 0 Å². The van der Waals surface area contributed by atoms with Crippen molar-refractivity contribution < 1.29 is 73.0 Å². The molecule has 0 saturated heterocycles. The van der Waals surface area contributed by atoms with Gasteiger partial charge in [-0.2, -0.15) is 0 Å². The Hall–Kier alpha value is -0.818. The summed E-state index contributed by atoms with van der Waals surface area (Å²) < 4.78 is 65.2. The van der Waals surface area contributed by atoms with Crippen molar-refractivity contribution in [3.05, 3.63) is 36.5 Å². The average molecular weight is 1240 g/mol. The zero-order chi connectivity index (χ0) is 60.2. The van der Waals surface area contributed by atoms with Crippen LogP contribution in [0.4, 0.5) is 0 Å². The molecule has 0 bridgehead atoms. The van der Waals surface area contributed by atoms with Crippen LogP contribution in [-0.2, 0) is 62.8 Å². The first-order chi connectivity index (χ1) is 34.1. The van der Waals surface area contributed by atoms with Crippen LogP contribution >= 0.6 is 0 Å². The minimum absolute atomic E-state index is 0.0621. The van der Waals surface area contributed by atoms with Gasteiger partial charge in [0.05, 0.1) is 13.2 Å². The van der Waals surface area contributed by atoms with Crippen LogP contribution in [0.5, 0.6) is 0 Å². The second-order valence-corrected chi connectivity index (χ2v) is 65.8. The van der Waals surface area contributed by atoms with Crippen LogP contribution in [0.3, 0.4) is 0 Å². The first kappa shape index (κ1) is 79.4. The summed E-state index contributed by atoms with van der Waals surface area (Å²) >= 11 is 0. The summed E-state index contributed by atoms with van der Waals surface area (Å²) in [6.07, 6.45) is 3.28. The van der Waals surface area contributed by atoms with Crippen molar-refractivity contribution in [3.63, 3.8) is 0 Å². The molecule has 76 heavy (non-hydrogen) atoms. The third kappa shape index (κ3) is 49.0. The number of aliphatic hydroxyl groups excluding tert-OH is 2. The molecule has 0 aliphatic carbocycles. The molecule has 0 fully saturated rings. The first-order valence-corrected chi connectivity index (χ1v) is 55.7. The minimum atomic E-state index is -2.83. The number of carbonyl (C=O) groups excluding carboxylic acids is 3. The van der Waals surface area contributed by atoms with E-state index in [0.29, 0.717) is 49.0 Å². The maximum absolute atomic E-state index is 11.6. The predicted octanol–water partition coefficient (Wildman–Crippen LogP) is 12.5. The molecule has 25 heteroatoms. The fourth-order valence-corrected chi connectivity index (χ4v) is 44.9. The molecule has 2 atom stereocenters. The van der Waals surface area contributed by atoms with Gasteiger partial charge < -0.3 is 39.9 Å². The summed E-state index contributed by atoms with van der Waals surface area (Å²) in [4.78, 5) is 34.1. The fraction of sp³-hybridized carbons (Fsp3) is 0.824. The maximum atomic E-state index is 11.6. The van der Waals surface area contributed by atoms with Gasteiger partial charge in [-0.25, -0.2) is 9.59 Å². The molecule has 0 spiro atoms. The molecule has 0 saturated carbocycles. The molecule has 0 aromatic heterocycles. The quantitative estimate of drug-likeness (QED) is 0.0195. The molecule has 16 nitrogen and oxygen atoms in total. The fourth-order valence-electron chi connectivity index (χ4n) is 7.51. The van der Waals surface area contributed by atoms with E-state index in [1.807, 2.05) is 0 Å². The molecule has 0 aromatic rings. The summed E-state index contributed by atoms with van der Waals surface area (Å²) in [6, 6.07) is 3.85. The number of hydrogen-bond donors (Lipinski definition) is 2. The van der Waals surface area contributed by atoms with E-state index < -0.39 is 99.7 Å². The minimum Gasteiger partial charge on any atom is -0.462 e. The number of aliphatic hydroxyl groups is 2. The molecule has 0 rings (SSSR count). The van der Waals surface area contributed by atoms with Crippen molar-refractivity contribution in [3.8, 4) is 0 Å². The summed E-state index contributed by atoms with van der Waals surface area (Å²) in [5.41, 5.74) is 1.05. The van der Waals surface area contributed by atoms with E-state index in [-0.39, 0.29) is 32.4 Å². The van der Waals surface area contributed by atoms with Gasteiger partial charge in [-0.1, -0.05) is 19.7 Å². The van der Waals surface area contributed by atoms with Crippen molar-refractivity contribution in [1.82, 2.24) is 0 Å². The predicted molar refractivity (Wildman–Crippen MR) is 336 cm³/mol. The van der Waals surface area contributed by atoms with Crippen molar-refractivity contribution in [2.45, 2.75) is 227 Å². The SMILES string of the molecule is C=C(C)C(=O)OCC(O)COCCC[Si](C)(C)O[SiH-](C)(C)CCCC.C=C(C)C(=O)OCC(O)COCCC[Si](C)(O[Si](C)(C)C)O[Si](C)(C)C.C=C(C)C(=O)OCCC[Si](O[Si](C)(C)C)(O[Si](C)(C)C)O[Si](C)(C)C. The third-order valence-corrected chi connectivity index (χ3v) is 39.8. The monoisotopic (exact) mass is 1240 g/mol. The molecule has 2 N–H and O–H groups in total. The molecular formula is C51H115O16Si9-. The number of rotatable bonds is 38. The summed E-state index contributed by atoms with van der Waals surface area (Å²) in [6.45, 7) is 63.2. The summed E-state index contributed by atoms with van der Waals surface area (Å²) in [5, 5.41) is 19.5. The largest absolute Gasteiger partial charge is 0.469 e. The molecule has 2 unspecified atom stereocenters. The Morgan fingerprint density at radius 1 is 0.461 bits per heavy atom. The van der Waals surface area contributed by atoms with Crippen LogP contribution in [0.25, 0.3) is 0 Å². The normalized spacial score (nSPS) is 14.0. The van der Waals surface area contributed by atoms with Crippen molar-refractivity contribution >= 4 is 93.5 Å². The van der Waals surface area contributed by atoms with E-state index in [0.717, 1.165) is 24.9 Å². The zero-order valence-electron chi connectivity index (χ0n) is 52.8. The van der Waals surface area contributed by atoms with Crippen LogP contribution in [0.1, 0.15) is 59.8 Å². The van der Waals surface area contributed by atoms with Gasteiger partial charge >= 0.3 is 171 Å². The number of hydrogen-bond acceptors (Lipinski definition) is 16. The molecule has 452 valence electrons. The molecule has 0 aliphatic rings. The van der Waals surface area contributed by atoms with E-state index in [2.05, 4.69) is 158 Å². The van der Waals surface area contributed by atoms with Gasteiger partial charge in [0.25, 0.3) is 0 Å². The van der Waals surface area contributed by atoms with E-state index >= 15 is 0 Å². The van der Waals surface area contributed by atoms with Crippen molar-refractivity contribution in [2.75, 3.05) is 46.2 Å². The van der Waals surface area contributed by atoms with Crippen LogP contribution in [-0.4, -0.2) is 162 Å². The van der Waals surface area contributed by atoms with E-state index in [9.17, 15) is 24.6 Å². The van der Waals surface area contributed by atoms with Gasteiger partial charge in [0, 0.05) is 23.8 Å². The molecular weight excluding hydrogens is 1120 g/mol. The Morgan fingerprint density at radius 3 is 1.12 bits per heavy atom. The molecule has 0 amide bonds. The number of unbranched alkanes of at least 4 members (excludes halogenated alkanes) is 1. The van der Waals surface area contributed by atoms with Crippen LogP contribution in [0.15, 0.2) is 36.5 Å². The molecule has 0 aromatic carbocycles. The Balaban J connectivity index is -0.00000105. The average Bonchev–Trinajstić information content (AvgIpc) is 3.18. The van der Waals surface area contributed by atoms with E-state index in [1.165, 1.54) is 18.9 Å². The standard InChI is InChI=1S/C18H39O5Si2.C17H38O6Si3.C16H38O5Si4/c1-8-9-12-24(4,5)23-25(6,7)13-10-11-21-14-17(19)15-22-18(20)16(2)3;1-15(2)17(19)21-14-16(18)13-20-11-10-12-26(9,22-24(3,4)5)23-25(6,7)8;1-15(2)16(17)18-13-12-14-25(19-22(3,4)5,20-23(6,7)8)21-24(9,10)11/h17,19,24H,2,8-15H2,1,3-7H3;16,18H,1,10-14H2,2-9H3;1,12-14H2,2-11H3/q-1;;. The van der Waals surface area contributed by atoms with Gasteiger partial charge in [0.1, 0.15) is 12.7 Å². The van der Waals surface area contributed by atoms with Crippen LogP contribution in [0.2, 0.25) is 155 Å².